The van der Waals surface area contributed by atoms with Gasteiger partial charge in [0.15, 0.2) is 0 Å². The SMILES string of the molecule is C#CCN1CCN(CC(O)COC2CCOCC2)CC1. The molecule has 0 saturated carbocycles. The van der Waals surface area contributed by atoms with Gasteiger partial charge in [0.2, 0.25) is 0 Å². The fourth-order valence-electron chi connectivity index (χ4n) is 2.70. The van der Waals surface area contributed by atoms with Crippen LogP contribution >= 0.6 is 0 Å². The highest BCUT2D eigenvalue weighted by Gasteiger charge is 2.20. The van der Waals surface area contributed by atoms with Crippen molar-refractivity contribution in [1.82, 2.24) is 9.80 Å². The number of hydrogen-bond donors (Lipinski definition) is 1. The molecule has 0 amide bonds. The summed E-state index contributed by atoms with van der Waals surface area (Å²) in [5.74, 6) is 2.68. The molecule has 0 radical (unpaired) electrons. The molecule has 2 fully saturated rings. The molecule has 0 aromatic rings. The van der Waals surface area contributed by atoms with E-state index in [4.69, 9.17) is 15.9 Å². The Labute approximate surface area is 121 Å². The standard InChI is InChI=1S/C15H26N2O3/c1-2-5-16-6-8-17(9-7-16)12-14(18)13-20-15-3-10-19-11-4-15/h1,14-15,18H,3-13H2. The zero-order valence-corrected chi connectivity index (χ0v) is 12.2. The summed E-state index contributed by atoms with van der Waals surface area (Å²) in [5.41, 5.74) is 0. The largest absolute Gasteiger partial charge is 0.389 e. The second-order valence-electron chi connectivity index (χ2n) is 5.58. The van der Waals surface area contributed by atoms with Gasteiger partial charge < -0.3 is 14.6 Å². The molecule has 2 aliphatic rings. The lowest BCUT2D eigenvalue weighted by Gasteiger charge is -2.34. The number of ether oxygens (including phenoxy) is 2. The first kappa shape index (κ1) is 15.7. The van der Waals surface area contributed by atoms with Crippen molar-refractivity contribution in [3.05, 3.63) is 0 Å². The number of aliphatic hydroxyl groups is 1. The van der Waals surface area contributed by atoms with E-state index in [1.165, 1.54) is 0 Å². The number of nitrogens with zero attached hydrogens (tertiary/aromatic N) is 2. The van der Waals surface area contributed by atoms with Crippen LogP contribution in [-0.4, -0.2) is 86.2 Å². The van der Waals surface area contributed by atoms with E-state index in [0.29, 0.717) is 13.2 Å². The molecular weight excluding hydrogens is 256 g/mol. The minimum Gasteiger partial charge on any atom is -0.389 e. The zero-order chi connectivity index (χ0) is 14.2. The van der Waals surface area contributed by atoms with Crippen LogP contribution in [0.1, 0.15) is 12.8 Å². The molecule has 20 heavy (non-hydrogen) atoms. The van der Waals surface area contributed by atoms with Crippen LogP contribution in [0.3, 0.4) is 0 Å². The number of hydrogen-bond acceptors (Lipinski definition) is 5. The number of aliphatic hydroxyl groups excluding tert-OH is 1. The van der Waals surface area contributed by atoms with Gasteiger partial charge in [-0.05, 0) is 12.8 Å². The van der Waals surface area contributed by atoms with Gasteiger partial charge in [0.1, 0.15) is 0 Å². The molecule has 2 rings (SSSR count). The van der Waals surface area contributed by atoms with Crippen molar-refractivity contribution >= 4 is 0 Å². The maximum Gasteiger partial charge on any atom is 0.0900 e. The molecule has 1 N–H and O–H groups in total. The first-order chi connectivity index (χ1) is 9.78. The third-order valence-electron chi connectivity index (χ3n) is 3.94. The first-order valence-electron chi connectivity index (χ1n) is 7.53. The summed E-state index contributed by atoms with van der Waals surface area (Å²) in [4.78, 5) is 4.55. The van der Waals surface area contributed by atoms with Crippen molar-refractivity contribution in [1.29, 1.82) is 0 Å². The average molecular weight is 282 g/mol. The average Bonchev–Trinajstić information content (AvgIpc) is 2.49. The molecule has 0 aromatic heterocycles. The maximum atomic E-state index is 10.1. The third-order valence-corrected chi connectivity index (χ3v) is 3.94. The van der Waals surface area contributed by atoms with E-state index < -0.39 is 6.10 Å². The highest BCUT2D eigenvalue weighted by Crippen LogP contribution is 2.11. The molecule has 5 heteroatoms. The molecular formula is C15H26N2O3. The molecule has 114 valence electrons. The Morgan fingerprint density at radius 1 is 1.20 bits per heavy atom. The summed E-state index contributed by atoms with van der Waals surface area (Å²) in [6.45, 7) is 7.29. The van der Waals surface area contributed by atoms with Crippen LogP contribution in [0, 0.1) is 12.3 Å². The van der Waals surface area contributed by atoms with E-state index >= 15 is 0 Å². The van der Waals surface area contributed by atoms with E-state index in [-0.39, 0.29) is 6.10 Å². The summed E-state index contributed by atoms with van der Waals surface area (Å²) < 4.78 is 11.0. The molecule has 5 nitrogen and oxygen atoms in total. The van der Waals surface area contributed by atoms with E-state index in [1.807, 2.05) is 0 Å². The van der Waals surface area contributed by atoms with Crippen LogP contribution in [0.25, 0.3) is 0 Å². The van der Waals surface area contributed by atoms with Crippen molar-refractivity contribution in [2.45, 2.75) is 25.0 Å². The van der Waals surface area contributed by atoms with Crippen molar-refractivity contribution in [2.24, 2.45) is 0 Å². The Morgan fingerprint density at radius 2 is 1.85 bits per heavy atom. The van der Waals surface area contributed by atoms with Crippen LogP contribution in [0.2, 0.25) is 0 Å². The van der Waals surface area contributed by atoms with Gasteiger partial charge in [-0.3, -0.25) is 9.80 Å². The molecule has 2 aliphatic heterocycles. The predicted octanol–water partition coefficient (Wildman–Crippen LogP) is -0.206. The Bertz CT molecular complexity index is 305. The molecule has 2 saturated heterocycles. The molecule has 2 heterocycles. The van der Waals surface area contributed by atoms with Gasteiger partial charge in [-0.15, -0.1) is 6.42 Å². The fraction of sp³-hybridized carbons (Fsp3) is 0.867. The number of terminal acetylenes is 1. The zero-order valence-electron chi connectivity index (χ0n) is 12.2. The highest BCUT2D eigenvalue weighted by atomic mass is 16.5. The minimum atomic E-state index is -0.406. The van der Waals surface area contributed by atoms with E-state index in [0.717, 1.165) is 58.8 Å². The molecule has 0 bridgehead atoms. The summed E-state index contributed by atoms with van der Waals surface area (Å²) in [6, 6.07) is 0. The Morgan fingerprint density at radius 3 is 2.50 bits per heavy atom. The van der Waals surface area contributed by atoms with Crippen molar-refractivity contribution < 1.29 is 14.6 Å². The third kappa shape index (κ3) is 5.39. The van der Waals surface area contributed by atoms with E-state index in [2.05, 4.69) is 15.7 Å². The van der Waals surface area contributed by atoms with Gasteiger partial charge in [0, 0.05) is 45.9 Å². The van der Waals surface area contributed by atoms with Gasteiger partial charge >= 0.3 is 0 Å². The molecule has 0 aliphatic carbocycles. The summed E-state index contributed by atoms with van der Waals surface area (Å²) in [7, 11) is 0. The first-order valence-corrected chi connectivity index (χ1v) is 7.53. The fourth-order valence-corrected chi connectivity index (χ4v) is 2.70. The van der Waals surface area contributed by atoms with Gasteiger partial charge in [0.05, 0.1) is 25.4 Å². The van der Waals surface area contributed by atoms with Crippen LogP contribution in [0.4, 0.5) is 0 Å². The highest BCUT2D eigenvalue weighted by molar-refractivity contribution is 4.89. The number of β-amino-alcohol motifs (C(OH)–C–C–N with tert-alkyl or cyclic N) is 1. The van der Waals surface area contributed by atoms with Crippen LogP contribution in [-0.2, 0) is 9.47 Å². The molecule has 0 aromatic carbocycles. The van der Waals surface area contributed by atoms with Crippen molar-refractivity contribution in [2.75, 3.05) is 59.1 Å². The van der Waals surface area contributed by atoms with E-state index in [1.54, 1.807) is 0 Å². The van der Waals surface area contributed by atoms with Crippen LogP contribution in [0.15, 0.2) is 0 Å². The Hall–Kier alpha value is -0.640. The molecule has 1 unspecified atom stereocenters. The van der Waals surface area contributed by atoms with Crippen LogP contribution in [0.5, 0.6) is 0 Å². The number of piperazine rings is 1. The monoisotopic (exact) mass is 282 g/mol. The van der Waals surface area contributed by atoms with Gasteiger partial charge in [-0.1, -0.05) is 5.92 Å². The van der Waals surface area contributed by atoms with E-state index in [9.17, 15) is 5.11 Å². The Balaban J connectivity index is 1.58. The van der Waals surface area contributed by atoms with Crippen molar-refractivity contribution in [3.8, 4) is 12.3 Å². The lowest BCUT2D eigenvalue weighted by atomic mass is 10.1. The smallest absolute Gasteiger partial charge is 0.0900 e. The molecule has 1 atom stereocenters. The summed E-state index contributed by atoms with van der Waals surface area (Å²) in [6.07, 6.45) is 7.05. The Kier molecular flexibility index (Phi) is 6.77. The van der Waals surface area contributed by atoms with Gasteiger partial charge in [0.25, 0.3) is 0 Å². The maximum absolute atomic E-state index is 10.1. The lowest BCUT2D eigenvalue weighted by Crippen LogP contribution is -2.49. The quantitative estimate of drug-likeness (QED) is 0.683. The minimum absolute atomic E-state index is 0.255. The van der Waals surface area contributed by atoms with Crippen LogP contribution < -0.4 is 0 Å². The normalized spacial score (nSPS) is 24.4. The molecule has 0 spiro atoms. The van der Waals surface area contributed by atoms with Gasteiger partial charge in [-0.2, -0.15) is 0 Å². The summed E-state index contributed by atoms with van der Waals surface area (Å²) in [5, 5.41) is 10.1. The number of rotatable bonds is 6. The lowest BCUT2D eigenvalue weighted by molar-refractivity contribution is -0.0656. The van der Waals surface area contributed by atoms with Gasteiger partial charge in [-0.25, -0.2) is 0 Å². The topological polar surface area (TPSA) is 45.2 Å². The second-order valence-corrected chi connectivity index (χ2v) is 5.58. The van der Waals surface area contributed by atoms with Crippen molar-refractivity contribution in [3.63, 3.8) is 0 Å². The second kappa shape index (κ2) is 8.60. The predicted molar refractivity (Wildman–Crippen MR) is 77.5 cm³/mol. The summed E-state index contributed by atoms with van der Waals surface area (Å²) >= 11 is 0.